The number of aliphatic hydroxyl groups is 1. The van der Waals surface area contributed by atoms with E-state index in [4.69, 9.17) is 4.74 Å². The summed E-state index contributed by atoms with van der Waals surface area (Å²) in [6.07, 6.45) is -2.88. The fraction of sp³-hybridized carbons (Fsp3) is 0.286. The highest BCUT2D eigenvalue weighted by atomic mass is 32.2. The van der Waals surface area contributed by atoms with Crippen LogP contribution in [0.15, 0.2) is 41.3 Å². The molecular weight excluding hydrogens is 491 g/mol. The van der Waals surface area contributed by atoms with Gasteiger partial charge in [-0.2, -0.15) is 13.2 Å². The van der Waals surface area contributed by atoms with Crippen LogP contribution in [0, 0.1) is 6.92 Å². The van der Waals surface area contributed by atoms with Crippen LogP contribution >= 0.6 is 0 Å². The largest absolute Gasteiger partial charge is 0.435 e. The van der Waals surface area contributed by atoms with Crippen LogP contribution in [0.25, 0.3) is 0 Å². The number of benzene rings is 1. The van der Waals surface area contributed by atoms with Crippen LogP contribution in [0.4, 0.5) is 18.9 Å². The minimum atomic E-state index is -4.90. The summed E-state index contributed by atoms with van der Waals surface area (Å²) in [4.78, 5) is 12.9. The number of sulfone groups is 1. The highest BCUT2D eigenvalue weighted by molar-refractivity contribution is 7.90. The molecule has 1 aliphatic carbocycles. The predicted octanol–water partition coefficient (Wildman–Crippen LogP) is 3.02. The van der Waals surface area contributed by atoms with Gasteiger partial charge in [0.05, 0.1) is 10.6 Å². The molecule has 0 atom stereocenters. The summed E-state index contributed by atoms with van der Waals surface area (Å²) in [6, 6.07) is 7.97. The van der Waals surface area contributed by atoms with E-state index in [2.05, 4.69) is 25.7 Å². The Hall–Kier alpha value is -3.65. The number of nitrogens with one attached hydrogen (secondary N) is 1. The van der Waals surface area contributed by atoms with Crippen LogP contribution in [-0.2, 0) is 21.6 Å². The molecule has 0 radical (unpaired) electrons. The molecule has 35 heavy (non-hydrogen) atoms. The molecule has 3 aromatic rings. The standard InChI is InChI=1S/C21H18F3N5O5S/c1-11-16(18(30)25-12-4-3-5-13(10-12)35(2,32)33)19(29-28-17(11)21(22,23)24)34-15-7-6-14(26-27-15)20(31)8-9-20/h3-7,10,31H,8-9H2,1-2H3,(H,25,30). The number of anilines is 1. The summed E-state index contributed by atoms with van der Waals surface area (Å²) < 4.78 is 69.3. The van der Waals surface area contributed by atoms with Crippen LogP contribution in [0.3, 0.4) is 0 Å². The van der Waals surface area contributed by atoms with Crippen LogP contribution in [0.2, 0.25) is 0 Å². The van der Waals surface area contributed by atoms with Gasteiger partial charge in [-0.25, -0.2) is 8.42 Å². The van der Waals surface area contributed by atoms with Crippen molar-refractivity contribution in [1.29, 1.82) is 0 Å². The summed E-state index contributed by atoms with van der Waals surface area (Å²) in [5.74, 6) is -1.81. The summed E-state index contributed by atoms with van der Waals surface area (Å²) in [5.41, 5.74) is -3.25. The number of aromatic nitrogens is 4. The highest BCUT2D eigenvalue weighted by Crippen LogP contribution is 2.44. The maximum atomic E-state index is 13.4. The molecule has 1 aliphatic rings. The SMILES string of the molecule is Cc1c(C(F)(F)F)nnc(Oc2ccc(C3(O)CC3)nn2)c1C(=O)Nc1cccc(S(C)(=O)=O)c1. The third-order valence-electron chi connectivity index (χ3n) is 5.24. The van der Waals surface area contributed by atoms with Gasteiger partial charge in [0.25, 0.3) is 11.8 Å². The van der Waals surface area contributed by atoms with Crippen molar-refractivity contribution in [2.45, 2.75) is 36.4 Å². The summed E-state index contributed by atoms with van der Waals surface area (Å²) in [7, 11) is -3.60. The molecule has 1 aromatic carbocycles. The summed E-state index contributed by atoms with van der Waals surface area (Å²) in [6.45, 7) is 1.03. The topological polar surface area (TPSA) is 144 Å². The molecule has 0 unspecified atom stereocenters. The third-order valence-corrected chi connectivity index (χ3v) is 6.35. The quantitative estimate of drug-likeness (QED) is 0.512. The zero-order valence-electron chi connectivity index (χ0n) is 18.3. The van der Waals surface area contributed by atoms with Crippen molar-refractivity contribution < 1.29 is 36.2 Å². The van der Waals surface area contributed by atoms with Gasteiger partial charge in [0.15, 0.2) is 15.5 Å². The second-order valence-electron chi connectivity index (χ2n) is 8.00. The number of hydrogen-bond donors (Lipinski definition) is 2. The maximum absolute atomic E-state index is 13.4. The van der Waals surface area contributed by atoms with E-state index >= 15 is 0 Å². The Morgan fingerprint density at radius 1 is 1.11 bits per heavy atom. The molecule has 1 fully saturated rings. The molecule has 4 rings (SSSR count). The lowest BCUT2D eigenvalue weighted by molar-refractivity contribution is -0.142. The maximum Gasteiger partial charge on any atom is 0.435 e. The van der Waals surface area contributed by atoms with Crippen LogP contribution in [0.5, 0.6) is 11.8 Å². The molecule has 0 bridgehead atoms. The molecule has 0 saturated heterocycles. The van der Waals surface area contributed by atoms with Crippen molar-refractivity contribution in [2.75, 3.05) is 11.6 Å². The van der Waals surface area contributed by atoms with Crippen molar-refractivity contribution in [3.05, 3.63) is 58.9 Å². The summed E-state index contributed by atoms with van der Waals surface area (Å²) in [5, 5.41) is 26.7. The number of carbonyl (C=O) groups excluding carboxylic acids is 1. The molecule has 0 spiro atoms. The smallest absolute Gasteiger partial charge is 0.417 e. The Morgan fingerprint density at radius 3 is 2.40 bits per heavy atom. The van der Waals surface area contributed by atoms with Crippen molar-refractivity contribution in [2.24, 2.45) is 0 Å². The molecular formula is C21H18F3N5O5S. The molecule has 2 heterocycles. The lowest BCUT2D eigenvalue weighted by atomic mass is 10.1. The molecule has 184 valence electrons. The van der Waals surface area contributed by atoms with E-state index in [0.29, 0.717) is 18.5 Å². The number of rotatable bonds is 6. The molecule has 14 heteroatoms. The minimum absolute atomic E-state index is 0.0236. The molecule has 1 amide bonds. The fourth-order valence-electron chi connectivity index (χ4n) is 3.20. The second-order valence-corrected chi connectivity index (χ2v) is 10.0. The van der Waals surface area contributed by atoms with Gasteiger partial charge in [-0.3, -0.25) is 4.79 Å². The lowest BCUT2D eigenvalue weighted by Crippen LogP contribution is -2.21. The van der Waals surface area contributed by atoms with E-state index in [1.807, 2.05) is 0 Å². The first-order valence-electron chi connectivity index (χ1n) is 10.1. The minimum Gasteiger partial charge on any atom is -0.417 e. The monoisotopic (exact) mass is 509 g/mol. The van der Waals surface area contributed by atoms with Crippen molar-refractivity contribution in [3.63, 3.8) is 0 Å². The van der Waals surface area contributed by atoms with Gasteiger partial charge in [0.2, 0.25) is 5.88 Å². The van der Waals surface area contributed by atoms with Gasteiger partial charge in [0, 0.05) is 18.0 Å². The molecule has 2 aromatic heterocycles. The van der Waals surface area contributed by atoms with E-state index < -0.39 is 50.2 Å². The Labute approximate surface area is 197 Å². The number of hydrogen-bond acceptors (Lipinski definition) is 9. The van der Waals surface area contributed by atoms with E-state index in [0.717, 1.165) is 19.2 Å². The Kier molecular flexibility index (Phi) is 5.97. The third kappa shape index (κ3) is 5.22. The van der Waals surface area contributed by atoms with Gasteiger partial charge in [0.1, 0.15) is 11.2 Å². The Morgan fingerprint density at radius 2 is 1.83 bits per heavy atom. The number of alkyl halides is 3. The van der Waals surface area contributed by atoms with Crippen LogP contribution < -0.4 is 10.1 Å². The van der Waals surface area contributed by atoms with Crippen molar-refractivity contribution in [3.8, 4) is 11.8 Å². The van der Waals surface area contributed by atoms with Gasteiger partial charge in [-0.05, 0) is 49.6 Å². The Balaban J connectivity index is 1.70. The van der Waals surface area contributed by atoms with Crippen LogP contribution in [-0.4, -0.2) is 46.1 Å². The number of carbonyl (C=O) groups is 1. The number of ether oxygens (including phenoxy) is 1. The van der Waals surface area contributed by atoms with Crippen LogP contribution in [0.1, 0.15) is 40.2 Å². The lowest BCUT2D eigenvalue weighted by Gasteiger charge is -2.16. The van der Waals surface area contributed by atoms with Gasteiger partial charge < -0.3 is 15.2 Å². The first-order chi connectivity index (χ1) is 16.3. The zero-order valence-corrected chi connectivity index (χ0v) is 19.1. The molecule has 1 saturated carbocycles. The summed E-state index contributed by atoms with van der Waals surface area (Å²) >= 11 is 0. The first kappa shape index (κ1) is 24.5. The average molecular weight is 509 g/mol. The number of halogens is 3. The highest BCUT2D eigenvalue weighted by Gasteiger charge is 2.44. The first-order valence-corrected chi connectivity index (χ1v) is 12.0. The molecule has 0 aliphatic heterocycles. The number of nitrogens with zero attached hydrogens (tertiary/aromatic N) is 4. The van der Waals surface area contributed by atoms with Gasteiger partial charge in [-0.15, -0.1) is 20.4 Å². The predicted molar refractivity (Wildman–Crippen MR) is 115 cm³/mol. The normalized spacial score (nSPS) is 14.9. The van der Waals surface area contributed by atoms with E-state index in [1.165, 1.54) is 30.3 Å². The Bertz CT molecular complexity index is 1410. The molecule has 10 nitrogen and oxygen atoms in total. The van der Waals surface area contributed by atoms with Gasteiger partial charge in [-0.1, -0.05) is 6.07 Å². The fourth-order valence-corrected chi connectivity index (χ4v) is 3.87. The average Bonchev–Trinajstić information content (AvgIpc) is 3.51. The molecule has 2 N–H and O–H groups in total. The number of amides is 1. The van der Waals surface area contributed by atoms with Crippen molar-refractivity contribution in [1.82, 2.24) is 20.4 Å². The zero-order chi connectivity index (χ0) is 25.6. The van der Waals surface area contributed by atoms with Crippen molar-refractivity contribution >= 4 is 21.4 Å². The second kappa shape index (κ2) is 8.53. The van der Waals surface area contributed by atoms with E-state index in [9.17, 15) is 31.5 Å². The van der Waals surface area contributed by atoms with E-state index in [1.54, 1.807) is 0 Å². The van der Waals surface area contributed by atoms with E-state index in [-0.39, 0.29) is 16.5 Å². The van der Waals surface area contributed by atoms with Gasteiger partial charge >= 0.3 is 6.18 Å².